The van der Waals surface area contributed by atoms with E-state index in [4.69, 9.17) is 0 Å². The molecule has 1 unspecified atom stereocenters. The second-order valence-electron chi connectivity index (χ2n) is 7.38. The minimum atomic E-state index is 0.119. The maximum atomic E-state index is 12.2. The number of nitrogens with zero attached hydrogens (tertiary/aromatic N) is 3. The number of aromatic nitrogens is 3. The van der Waals surface area contributed by atoms with Crippen LogP contribution < -0.4 is 5.32 Å². The molecule has 1 amide bonds. The zero-order valence-corrected chi connectivity index (χ0v) is 17.2. The summed E-state index contributed by atoms with van der Waals surface area (Å²) in [6.07, 6.45) is 9.40. The predicted octanol–water partition coefficient (Wildman–Crippen LogP) is 4.36. The summed E-state index contributed by atoms with van der Waals surface area (Å²) in [4.78, 5) is 12.2. The minimum absolute atomic E-state index is 0.119. The molecule has 1 fully saturated rings. The molecule has 5 nitrogen and oxygen atoms in total. The van der Waals surface area contributed by atoms with Crippen LogP contribution in [0.3, 0.4) is 0 Å². The highest BCUT2D eigenvalue weighted by Crippen LogP contribution is 2.33. The molecule has 27 heavy (non-hydrogen) atoms. The molecule has 1 saturated carbocycles. The van der Waals surface area contributed by atoms with Gasteiger partial charge in [0.2, 0.25) is 5.91 Å². The molecule has 1 atom stereocenters. The molecule has 0 radical (unpaired) electrons. The summed E-state index contributed by atoms with van der Waals surface area (Å²) in [5.74, 6) is 1.42. The van der Waals surface area contributed by atoms with Gasteiger partial charge in [-0.1, -0.05) is 61.9 Å². The van der Waals surface area contributed by atoms with Crippen LogP contribution >= 0.6 is 11.8 Å². The van der Waals surface area contributed by atoms with Crippen molar-refractivity contribution >= 4 is 17.7 Å². The number of carbonyl (C=O) groups excluding carboxylic acids is 1. The standard InChI is InChI=1S/C21H30N4OS/c1-16(17-9-4-3-5-10-17)15-20(26)22-14-8-13-19-23-24-21(27-2)25(19)18-11-6-7-12-18/h3-5,9-10,16,18H,6-8,11-15H2,1-2H3,(H,22,26). The van der Waals surface area contributed by atoms with Crippen LogP contribution in [0.15, 0.2) is 35.5 Å². The lowest BCUT2D eigenvalue weighted by Gasteiger charge is -2.16. The number of benzene rings is 1. The molecule has 2 aromatic rings. The molecule has 1 aromatic carbocycles. The lowest BCUT2D eigenvalue weighted by atomic mass is 9.97. The van der Waals surface area contributed by atoms with Gasteiger partial charge in [0.05, 0.1) is 0 Å². The Labute approximate surface area is 166 Å². The zero-order valence-electron chi connectivity index (χ0n) is 16.4. The van der Waals surface area contributed by atoms with Gasteiger partial charge in [-0.05, 0) is 37.0 Å². The van der Waals surface area contributed by atoms with Gasteiger partial charge in [-0.25, -0.2) is 0 Å². The van der Waals surface area contributed by atoms with Crippen LogP contribution in [0.2, 0.25) is 0 Å². The summed E-state index contributed by atoms with van der Waals surface area (Å²) in [6.45, 7) is 2.79. The monoisotopic (exact) mass is 386 g/mol. The Morgan fingerprint density at radius 2 is 2.00 bits per heavy atom. The molecule has 1 aliphatic rings. The van der Waals surface area contributed by atoms with E-state index in [0.29, 0.717) is 19.0 Å². The fraction of sp³-hybridized carbons (Fsp3) is 0.571. The first-order valence-corrected chi connectivity index (χ1v) is 11.2. The van der Waals surface area contributed by atoms with E-state index in [9.17, 15) is 4.79 Å². The molecule has 1 N–H and O–H groups in total. The van der Waals surface area contributed by atoms with E-state index in [1.54, 1.807) is 11.8 Å². The fourth-order valence-corrected chi connectivity index (χ4v) is 4.44. The molecule has 146 valence electrons. The minimum Gasteiger partial charge on any atom is -0.356 e. The van der Waals surface area contributed by atoms with Gasteiger partial charge < -0.3 is 9.88 Å². The van der Waals surface area contributed by atoms with Crippen LogP contribution in [0.5, 0.6) is 0 Å². The smallest absolute Gasteiger partial charge is 0.220 e. The summed E-state index contributed by atoms with van der Waals surface area (Å²) in [7, 11) is 0. The quantitative estimate of drug-likeness (QED) is 0.514. The van der Waals surface area contributed by atoms with E-state index < -0.39 is 0 Å². The molecule has 1 aromatic heterocycles. The van der Waals surface area contributed by atoms with E-state index in [1.165, 1.54) is 31.2 Å². The van der Waals surface area contributed by atoms with E-state index in [0.717, 1.165) is 23.8 Å². The highest BCUT2D eigenvalue weighted by molar-refractivity contribution is 7.98. The van der Waals surface area contributed by atoms with Gasteiger partial charge in [0, 0.05) is 25.4 Å². The molecule has 3 rings (SSSR count). The molecular weight excluding hydrogens is 356 g/mol. The first-order chi connectivity index (χ1) is 13.2. The molecule has 1 aliphatic carbocycles. The number of nitrogens with one attached hydrogen (secondary N) is 1. The van der Waals surface area contributed by atoms with E-state index in [-0.39, 0.29) is 11.8 Å². The third-order valence-electron chi connectivity index (χ3n) is 5.37. The normalized spacial score (nSPS) is 15.8. The maximum absolute atomic E-state index is 12.2. The zero-order chi connectivity index (χ0) is 19.1. The lowest BCUT2D eigenvalue weighted by Crippen LogP contribution is -2.26. The average molecular weight is 387 g/mol. The van der Waals surface area contributed by atoms with Gasteiger partial charge in [0.25, 0.3) is 0 Å². The van der Waals surface area contributed by atoms with Crippen molar-refractivity contribution in [1.29, 1.82) is 0 Å². The Hall–Kier alpha value is -1.82. The second kappa shape index (κ2) is 9.93. The largest absolute Gasteiger partial charge is 0.356 e. The van der Waals surface area contributed by atoms with Crippen molar-refractivity contribution in [1.82, 2.24) is 20.1 Å². The lowest BCUT2D eigenvalue weighted by molar-refractivity contribution is -0.121. The first-order valence-electron chi connectivity index (χ1n) is 9.98. The van der Waals surface area contributed by atoms with E-state index in [2.05, 4.69) is 45.4 Å². The molecule has 6 heteroatoms. The van der Waals surface area contributed by atoms with Gasteiger partial charge in [-0.3, -0.25) is 4.79 Å². The van der Waals surface area contributed by atoms with Gasteiger partial charge in [0.1, 0.15) is 5.82 Å². The van der Waals surface area contributed by atoms with Crippen molar-refractivity contribution in [3.8, 4) is 0 Å². The van der Waals surface area contributed by atoms with Crippen LogP contribution in [-0.2, 0) is 11.2 Å². The molecule has 1 heterocycles. The third kappa shape index (κ3) is 5.34. The number of rotatable bonds is 9. The van der Waals surface area contributed by atoms with Crippen LogP contribution in [0.1, 0.15) is 68.8 Å². The number of hydrogen-bond acceptors (Lipinski definition) is 4. The van der Waals surface area contributed by atoms with Crippen molar-refractivity contribution in [3.05, 3.63) is 41.7 Å². The highest BCUT2D eigenvalue weighted by Gasteiger charge is 2.23. The Morgan fingerprint density at radius 3 is 2.70 bits per heavy atom. The maximum Gasteiger partial charge on any atom is 0.220 e. The van der Waals surface area contributed by atoms with Gasteiger partial charge in [-0.2, -0.15) is 0 Å². The number of aryl methyl sites for hydroxylation is 1. The first kappa shape index (κ1) is 19.9. The van der Waals surface area contributed by atoms with E-state index >= 15 is 0 Å². The molecule has 0 saturated heterocycles. The number of carbonyl (C=O) groups is 1. The van der Waals surface area contributed by atoms with Crippen LogP contribution in [-0.4, -0.2) is 33.5 Å². The molecule has 0 bridgehead atoms. The summed E-state index contributed by atoms with van der Waals surface area (Å²) < 4.78 is 2.34. The number of amides is 1. The Morgan fingerprint density at radius 1 is 1.26 bits per heavy atom. The van der Waals surface area contributed by atoms with Crippen LogP contribution in [0, 0.1) is 0 Å². The van der Waals surface area contributed by atoms with Crippen LogP contribution in [0.4, 0.5) is 0 Å². The van der Waals surface area contributed by atoms with Crippen molar-refractivity contribution < 1.29 is 4.79 Å². The second-order valence-corrected chi connectivity index (χ2v) is 8.15. The van der Waals surface area contributed by atoms with Crippen LogP contribution in [0.25, 0.3) is 0 Å². The van der Waals surface area contributed by atoms with Crippen molar-refractivity contribution in [2.75, 3.05) is 12.8 Å². The third-order valence-corrected chi connectivity index (χ3v) is 6.01. The van der Waals surface area contributed by atoms with Crippen molar-refractivity contribution in [3.63, 3.8) is 0 Å². The molecular formula is C21H30N4OS. The SMILES string of the molecule is CSc1nnc(CCCNC(=O)CC(C)c2ccccc2)n1C1CCCC1. The van der Waals surface area contributed by atoms with Crippen molar-refractivity contribution in [2.24, 2.45) is 0 Å². The average Bonchev–Trinajstić information content (AvgIpc) is 3.35. The Kier molecular flexibility index (Phi) is 7.33. The highest BCUT2D eigenvalue weighted by atomic mass is 32.2. The van der Waals surface area contributed by atoms with Crippen molar-refractivity contribution in [2.45, 2.75) is 69.0 Å². The predicted molar refractivity (Wildman–Crippen MR) is 110 cm³/mol. The number of hydrogen-bond donors (Lipinski definition) is 1. The summed E-state index contributed by atoms with van der Waals surface area (Å²) in [6, 6.07) is 10.8. The summed E-state index contributed by atoms with van der Waals surface area (Å²) in [5, 5.41) is 12.9. The van der Waals surface area contributed by atoms with Gasteiger partial charge in [-0.15, -0.1) is 10.2 Å². The summed E-state index contributed by atoms with van der Waals surface area (Å²) in [5.41, 5.74) is 1.21. The molecule has 0 spiro atoms. The molecule has 0 aliphatic heterocycles. The van der Waals surface area contributed by atoms with Gasteiger partial charge in [0.15, 0.2) is 5.16 Å². The fourth-order valence-electron chi connectivity index (χ4n) is 3.87. The summed E-state index contributed by atoms with van der Waals surface area (Å²) >= 11 is 1.67. The number of thioether (sulfide) groups is 1. The van der Waals surface area contributed by atoms with E-state index in [1.807, 2.05) is 18.2 Å². The topological polar surface area (TPSA) is 59.8 Å². The van der Waals surface area contributed by atoms with Gasteiger partial charge >= 0.3 is 0 Å². The Balaban J connectivity index is 1.45. The Bertz CT molecular complexity index is 725.